The van der Waals surface area contributed by atoms with Gasteiger partial charge in [-0.25, -0.2) is 0 Å². The van der Waals surface area contributed by atoms with Crippen molar-refractivity contribution in [2.75, 3.05) is 18.5 Å². The van der Waals surface area contributed by atoms with Crippen LogP contribution in [0.2, 0.25) is 0 Å². The van der Waals surface area contributed by atoms with Gasteiger partial charge in [-0.15, -0.1) is 18.3 Å². The first-order valence-corrected chi connectivity index (χ1v) is 14.8. The Bertz CT molecular complexity index is 1970. The normalized spacial score (nSPS) is 19.1. The molecule has 7 rings (SSSR count). The van der Waals surface area contributed by atoms with E-state index in [9.17, 15) is 32.3 Å². The summed E-state index contributed by atoms with van der Waals surface area (Å²) in [6, 6.07) is 13.9. The Labute approximate surface area is 263 Å². The quantitative estimate of drug-likeness (QED) is 0.299. The topological polar surface area (TPSA) is 134 Å². The zero-order chi connectivity index (χ0) is 32.9. The minimum Gasteiger partial charge on any atom is -0.406 e. The van der Waals surface area contributed by atoms with Crippen molar-refractivity contribution in [3.8, 4) is 11.4 Å². The zero-order valence-electron chi connectivity index (χ0n) is 24.5. The molecule has 1 fully saturated rings. The lowest BCUT2D eigenvalue weighted by atomic mass is 10.1. The van der Waals surface area contributed by atoms with Gasteiger partial charge in [-0.2, -0.15) is 4.68 Å². The molecule has 0 spiro atoms. The third-order valence-electron chi connectivity index (χ3n) is 8.23. The lowest BCUT2D eigenvalue weighted by molar-refractivity contribution is -0.274. The summed E-state index contributed by atoms with van der Waals surface area (Å²) < 4.78 is 55.9. The summed E-state index contributed by atoms with van der Waals surface area (Å²) in [5, 5.41) is 7.50. The molecule has 15 heteroatoms. The van der Waals surface area contributed by atoms with E-state index >= 15 is 0 Å². The number of amides is 2. The van der Waals surface area contributed by atoms with E-state index in [0.29, 0.717) is 41.5 Å². The van der Waals surface area contributed by atoms with Crippen molar-refractivity contribution < 1.29 is 37.0 Å². The van der Waals surface area contributed by atoms with Gasteiger partial charge in [-0.3, -0.25) is 24.1 Å². The number of hydrogen-bond acceptors (Lipinski definition) is 9. The highest BCUT2D eigenvalue weighted by Crippen LogP contribution is 2.29. The first-order valence-electron chi connectivity index (χ1n) is 14.8. The molecule has 4 aromatic rings. The van der Waals surface area contributed by atoms with Crippen molar-refractivity contribution in [2.24, 2.45) is 0 Å². The maximum atomic E-state index is 13.5. The van der Waals surface area contributed by atoms with E-state index < -0.39 is 47.4 Å². The number of anilines is 2. The standard InChI is InChI=1S/C32H26F3N5O7/c33-32(34,35)47-20-12-10-18(11-13-20)40-30(43)22-8-3-7-21(22)27(37-40)36-25-9-4-14-38(31(25)44)15-26-45-16-19(17-46-26)39-28(41)23-5-1-2-6-24(23)29(39)42/h1-2,4-6,9-14,19,26H,3,7-8,15-17H2,(H,36,37). The van der Waals surface area contributed by atoms with Crippen molar-refractivity contribution in [2.45, 2.75) is 44.5 Å². The van der Waals surface area contributed by atoms with E-state index in [-0.39, 0.29) is 37.0 Å². The number of alkyl halides is 3. The molecule has 3 aliphatic rings. The molecule has 2 aliphatic heterocycles. The smallest absolute Gasteiger partial charge is 0.406 e. The summed E-state index contributed by atoms with van der Waals surface area (Å²) in [7, 11) is 0. The van der Waals surface area contributed by atoms with Crippen LogP contribution in [0.3, 0.4) is 0 Å². The van der Waals surface area contributed by atoms with Crippen LogP contribution >= 0.6 is 0 Å². The number of benzene rings is 2. The molecule has 242 valence electrons. The Morgan fingerprint density at radius 3 is 2.17 bits per heavy atom. The van der Waals surface area contributed by atoms with Crippen molar-refractivity contribution in [3.63, 3.8) is 0 Å². The molecular weight excluding hydrogens is 623 g/mol. The summed E-state index contributed by atoms with van der Waals surface area (Å²) in [6.07, 6.45) is -2.40. The number of carbonyl (C=O) groups excluding carboxylic acids is 2. The Morgan fingerprint density at radius 2 is 1.51 bits per heavy atom. The number of fused-ring (bicyclic) bond motifs is 2. The van der Waals surface area contributed by atoms with Crippen molar-refractivity contribution in [3.05, 3.63) is 110 Å². The van der Waals surface area contributed by atoms with E-state index in [0.717, 1.165) is 21.7 Å². The van der Waals surface area contributed by atoms with Gasteiger partial charge in [0.2, 0.25) is 0 Å². The minimum atomic E-state index is -4.86. The molecule has 1 aliphatic carbocycles. The predicted octanol–water partition coefficient (Wildman–Crippen LogP) is 3.56. The summed E-state index contributed by atoms with van der Waals surface area (Å²) in [4.78, 5) is 53.6. The molecule has 2 aromatic heterocycles. The highest BCUT2D eigenvalue weighted by Gasteiger charge is 2.42. The molecule has 12 nitrogen and oxygen atoms in total. The fourth-order valence-electron chi connectivity index (χ4n) is 6.03. The highest BCUT2D eigenvalue weighted by atomic mass is 19.4. The number of imide groups is 1. The summed E-state index contributed by atoms with van der Waals surface area (Å²) in [6.45, 7) is 0.0774. The van der Waals surface area contributed by atoms with Crippen molar-refractivity contribution >= 4 is 23.3 Å². The van der Waals surface area contributed by atoms with Gasteiger partial charge in [0.25, 0.3) is 22.9 Å². The molecule has 0 unspecified atom stereocenters. The number of halogens is 3. The molecule has 2 amide bonds. The first kappa shape index (κ1) is 30.4. The van der Waals surface area contributed by atoms with Gasteiger partial charge in [0.15, 0.2) is 12.1 Å². The number of rotatable bonds is 7. The fourth-order valence-corrected chi connectivity index (χ4v) is 6.03. The number of hydrogen-bond donors (Lipinski definition) is 1. The molecule has 4 heterocycles. The molecule has 0 radical (unpaired) electrons. The van der Waals surface area contributed by atoms with Crippen LogP contribution in [0.15, 0.2) is 76.4 Å². The maximum absolute atomic E-state index is 13.5. The van der Waals surface area contributed by atoms with Gasteiger partial charge in [0.1, 0.15) is 11.4 Å². The fraction of sp³-hybridized carbons (Fsp3) is 0.281. The van der Waals surface area contributed by atoms with Crippen LogP contribution in [0, 0.1) is 0 Å². The van der Waals surface area contributed by atoms with Crippen LogP contribution in [-0.4, -0.2) is 63.0 Å². The van der Waals surface area contributed by atoms with Crippen LogP contribution in [0.1, 0.15) is 38.3 Å². The third-order valence-corrected chi connectivity index (χ3v) is 8.23. The molecule has 1 saturated heterocycles. The number of carbonyl (C=O) groups is 2. The van der Waals surface area contributed by atoms with Gasteiger partial charge in [0, 0.05) is 17.3 Å². The average molecular weight is 650 g/mol. The second-order valence-electron chi connectivity index (χ2n) is 11.2. The van der Waals surface area contributed by atoms with Gasteiger partial charge >= 0.3 is 6.36 Å². The Hall–Kier alpha value is -5.28. The Morgan fingerprint density at radius 1 is 0.851 bits per heavy atom. The number of pyridine rings is 1. The third kappa shape index (κ3) is 5.79. The van der Waals surface area contributed by atoms with Gasteiger partial charge in [0.05, 0.1) is 42.6 Å². The molecule has 0 saturated carbocycles. The molecule has 0 atom stereocenters. The molecule has 1 N–H and O–H groups in total. The van der Waals surface area contributed by atoms with Crippen molar-refractivity contribution in [1.82, 2.24) is 19.2 Å². The van der Waals surface area contributed by atoms with E-state index in [2.05, 4.69) is 15.2 Å². The van der Waals surface area contributed by atoms with E-state index in [1.807, 2.05) is 0 Å². The number of nitrogens with zero attached hydrogens (tertiary/aromatic N) is 4. The summed E-state index contributed by atoms with van der Waals surface area (Å²) >= 11 is 0. The number of ether oxygens (including phenoxy) is 3. The second-order valence-corrected chi connectivity index (χ2v) is 11.2. The monoisotopic (exact) mass is 649 g/mol. The largest absolute Gasteiger partial charge is 0.573 e. The van der Waals surface area contributed by atoms with Crippen LogP contribution in [0.25, 0.3) is 5.69 Å². The van der Waals surface area contributed by atoms with Crippen LogP contribution in [0.4, 0.5) is 24.7 Å². The van der Waals surface area contributed by atoms with Gasteiger partial charge in [-0.05, 0) is 67.8 Å². The molecular formula is C32H26F3N5O7. The molecule has 2 aromatic carbocycles. The highest BCUT2D eigenvalue weighted by molar-refractivity contribution is 6.21. The summed E-state index contributed by atoms with van der Waals surface area (Å²) in [5.41, 5.74) is 1.39. The minimum absolute atomic E-state index is 0.0145. The van der Waals surface area contributed by atoms with Crippen LogP contribution in [-0.2, 0) is 28.9 Å². The summed E-state index contributed by atoms with van der Waals surface area (Å²) in [5.74, 6) is -0.981. The van der Waals surface area contributed by atoms with E-state index in [1.54, 1.807) is 42.6 Å². The Balaban J connectivity index is 1.07. The van der Waals surface area contributed by atoms with Crippen LogP contribution < -0.4 is 21.2 Å². The maximum Gasteiger partial charge on any atom is 0.573 e. The number of nitrogens with one attached hydrogen (secondary N) is 1. The zero-order valence-corrected chi connectivity index (χ0v) is 24.5. The van der Waals surface area contributed by atoms with Crippen LogP contribution in [0.5, 0.6) is 5.75 Å². The first-order chi connectivity index (χ1) is 22.6. The number of aromatic nitrogens is 3. The van der Waals surface area contributed by atoms with Crippen molar-refractivity contribution in [1.29, 1.82) is 0 Å². The molecule has 0 bridgehead atoms. The lowest BCUT2D eigenvalue weighted by Crippen LogP contribution is -2.50. The Kier molecular flexibility index (Phi) is 7.64. The predicted molar refractivity (Wildman–Crippen MR) is 159 cm³/mol. The van der Waals surface area contributed by atoms with E-state index in [4.69, 9.17) is 9.47 Å². The average Bonchev–Trinajstić information content (AvgIpc) is 3.64. The van der Waals surface area contributed by atoms with Gasteiger partial charge in [-0.1, -0.05) is 12.1 Å². The van der Waals surface area contributed by atoms with Gasteiger partial charge < -0.3 is 24.1 Å². The lowest BCUT2D eigenvalue weighted by Gasteiger charge is -2.33. The SMILES string of the molecule is O=C1c2ccccc2C(=O)N1C1COC(Cn2cccc(Nc3nn(-c4ccc(OC(F)(F)F)cc4)c(=O)c4c3CCC4)c2=O)OC1. The second kappa shape index (κ2) is 11.8. The van der Waals surface area contributed by atoms with E-state index in [1.165, 1.54) is 16.7 Å². The molecule has 47 heavy (non-hydrogen) atoms.